The molecule has 0 saturated carbocycles. The average molecular weight is 262 g/mol. The Kier molecular flexibility index (Phi) is 4.09. The summed E-state index contributed by atoms with van der Waals surface area (Å²) in [6.45, 7) is -0.0102. The van der Waals surface area contributed by atoms with Crippen molar-refractivity contribution in [2.24, 2.45) is 0 Å². The lowest BCUT2D eigenvalue weighted by molar-refractivity contribution is 0.281. The predicted molar refractivity (Wildman–Crippen MR) is 68.4 cm³/mol. The lowest BCUT2D eigenvalue weighted by Crippen LogP contribution is -2.03. The van der Waals surface area contributed by atoms with Gasteiger partial charge in [-0.25, -0.2) is 0 Å². The lowest BCUT2D eigenvalue weighted by Gasteiger charge is -2.07. The molecule has 7 heteroatoms. The van der Waals surface area contributed by atoms with Crippen LogP contribution in [0.5, 0.6) is 17.8 Å². The molecule has 0 amide bonds. The molecule has 0 aliphatic heterocycles. The summed E-state index contributed by atoms with van der Waals surface area (Å²) in [7, 11) is 3.16. The van der Waals surface area contributed by atoms with Crippen molar-refractivity contribution in [3.63, 3.8) is 0 Å². The molecule has 0 atom stereocenters. The summed E-state index contributed by atoms with van der Waals surface area (Å²) in [6, 6.07) is 7.26. The van der Waals surface area contributed by atoms with Crippen molar-refractivity contribution >= 4 is 5.95 Å². The molecule has 2 aromatic rings. The Balaban J connectivity index is 2.21. The van der Waals surface area contributed by atoms with Gasteiger partial charge in [0.05, 0.1) is 13.7 Å². The molecule has 1 aromatic heterocycles. The highest BCUT2D eigenvalue weighted by Gasteiger charge is 2.07. The van der Waals surface area contributed by atoms with E-state index in [0.29, 0.717) is 11.7 Å². The van der Waals surface area contributed by atoms with Gasteiger partial charge in [-0.3, -0.25) is 0 Å². The highest BCUT2D eigenvalue weighted by Crippen LogP contribution is 2.20. The standard InChI is InChI=1S/C12H14N4O3/c1-13-10-14-11(18-2)16-12(15-10)19-9-5-3-8(7-17)4-6-9/h3-6,17H,7H2,1-2H3,(H,13,14,15,16). The van der Waals surface area contributed by atoms with E-state index in [-0.39, 0.29) is 18.6 Å². The molecular weight excluding hydrogens is 248 g/mol. The van der Waals surface area contributed by atoms with Gasteiger partial charge in [0.15, 0.2) is 0 Å². The van der Waals surface area contributed by atoms with Crippen molar-refractivity contribution < 1.29 is 14.6 Å². The molecule has 0 fully saturated rings. The van der Waals surface area contributed by atoms with Crippen LogP contribution >= 0.6 is 0 Å². The summed E-state index contributed by atoms with van der Waals surface area (Å²) in [6.07, 6.45) is 0. The van der Waals surface area contributed by atoms with Crippen LogP contribution in [-0.2, 0) is 6.61 Å². The second-order valence-electron chi connectivity index (χ2n) is 3.58. The van der Waals surface area contributed by atoms with Gasteiger partial charge >= 0.3 is 12.0 Å². The average Bonchev–Trinajstić information content (AvgIpc) is 2.47. The molecule has 0 spiro atoms. The first-order chi connectivity index (χ1) is 9.25. The molecule has 1 heterocycles. The maximum atomic E-state index is 8.96. The maximum Gasteiger partial charge on any atom is 0.330 e. The van der Waals surface area contributed by atoms with Crippen LogP contribution in [0, 0.1) is 0 Å². The zero-order chi connectivity index (χ0) is 13.7. The number of methoxy groups -OCH3 is 1. The van der Waals surface area contributed by atoms with Crippen LogP contribution in [-0.4, -0.2) is 34.2 Å². The fourth-order valence-corrected chi connectivity index (χ4v) is 1.36. The van der Waals surface area contributed by atoms with E-state index in [1.54, 1.807) is 31.3 Å². The summed E-state index contributed by atoms with van der Waals surface area (Å²) in [5.74, 6) is 0.918. The minimum absolute atomic E-state index is 0.0102. The van der Waals surface area contributed by atoms with Gasteiger partial charge in [-0.2, -0.15) is 9.97 Å². The number of aliphatic hydroxyl groups excluding tert-OH is 1. The molecule has 2 rings (SSSR count). The molecule has 0 unspecified atom stereocenters. The fraction of sp³-hybridized carbons (Fsp3) is 0.250. The third kappa shape index (κ3) is 3.29. The fourth-order valence-electron chi connectivity index (χ4n) is 1.36. The Bertz CT molecular complexity index is 523. The quantitative estimate of drug-likeness (QED) is 0.836. The van der Waals surface area contributed by atoms with Crippen LogP contribution in [0.2, 0.25) is 0 Å². The van der Waals surface area contributed by atoms with Gasteiger partial charge in [0.25, 0.3) is 0 Å². The molecule has 19 heavy (non-hydrogen) atoms. The number of ether oxygens (including phenoxy) is 2. The maximum absolute atomic E-state index is 8.96. The van der Waals surface area contributed by atoms with Gasteiger partial charge in [-0.15, -0.1) is 4.98 Å². The monoisotopic (exact) mass is 262 g/mol. The normalized spacial score (nSPS) is 10.1. The summed E-state index contributed by atoms with van der Waals surface area (Å²) in [5, 5.41) is 11.7. The number of aromatic nitrogens is 3. The van der Waals surface area contributed by atoms with Crippen LogP contribution in [0.1, 0.15) is 5.56 Å². The third-order valence-corrected chi connectivity index (χ3v) is 2.32. The van der Waals surface area contributed by atoms with Crippen molar-refractivity contribution in [1.29, 1.82) is 0 Å². The van der Waals surface area contributed by atoms with E-state index in [9.17, 15) is 0 Å². The number of rotatable bonds is 5. The van der Waals surface area contributed by atoms with Crippen molar-refractivity contribution in [2.45, 2.75) is 6.61 Å². The highest BCUT2D eigenvalue weighted by atomic mass is 16.5. The minimum atomic E-state index is -0.0102. The largest absolute Gasteiger partial charge is 0.467 e. The topological polar surface area (TPSA) is 89.4 Å². The smallest absolute Gasteiger partial charge is 0.330 e. The van der Waals surface area contributed by atoms with E-state index in [1.165, 1.54) is 7.11 Å². The van der Waals surface area contributed by atoms with E-state index in [0.717, 1.165) is 5.56 Å². The summed E-state index contributed by atoms with van der Waals surface area (Å²) < 4.78 is 10.5. The predicted octanol–water partition coefficient (Wildman–Crippen LogP) is 1.21. The van der Waals surface area contributed by atoms with Gasteiger partial charge in [-0.1, -0.05) is 12.1 Å². The first kappa shape index (κ1) is 13.0. The van der Waals surface area contributed by atoms with Crippen molar-refractivity contribution in [1.82, 2.24) is 15.0 Å². The van der Waals surface area contributed by atoms with E-state index in [2.05, 4.69) is 20.3 Å². The number of benzene rings is 1. The molecule has 0 saturated heterocycles. The SMILES string of the molecule is CNc1nc(OC)nc(Oc2ccc(CO)cc2)n1. The van der Waals surface area contributed by atoms with Crippen LogP contribution in [0.4, 0.5) is 5.95 Å². The Labute approximate surface area is 110 Å². The Morgan fingerprint density at radius 1 is 1.11 bits per heavy atom. The molecule has 0 radical (unpaired) electrons. The Morgan fingerprint density at radius 3 is 2.37 bits per heavy atom. The zero-order valence-electron chi connectivity index (χ0n) is 10.6. The summed E-state index contributed by atoms with van der Waals surface area (Å²) in [4.78, 5) is 12.0. The van der Waals surface area contributed by atoms with E-state index in [4.69, 9.17) is 14.6 Å². The van der Waals surface area contributed by atoms with Crippen molar-refractivity contribution in [3.05, 3.63) is 29.8 Å². The molecule has 0 bridgehead atoms. The molecule has 2 N–H and O–H groups in total. The van der Waals surface area contributed by atoms with Crippen molar-refractivity contribution in [3.8, 4) is 17.8 Å². The molecule has 100 valence electrons. The number of hydrogen-bond donors (Lipinski definition) is 2. The van der Waals surface area contributed by atoms with E-state index in [1.807, 2.05) is 0 Å². The molecule has 7 nitrogen and oxygen atoms in total. The number of nitrogens with zero attached hydrogens (tertiary/aromatic N) is 3. The van der Waals surface area contributed by atoms with Crippen LogP contribution in [0.15, 0.2) is 24.3 Å². The van der Waals surface area contributed by atoms with Gasteiger partial charge in [-0.05, 0) is 17.7 Å². The molecular formula is C12H14N4O3. The summed E-state index contributed by atoms with van der Waals surface area (Å²) >= 11 is 0. The Hall–Kier alpha value is -2.41. The number of anilines is 1. The number of hydrogen-bond acceptors (Lipinski definition) is 7. The Morgan fingerprint density at radius 2 is 1.79 bits per heavy atom. The number of nitrogens with one attached hydrogen (secondary N) is 1. The molecule has 0 aliphatic carbocycles. The van der Waals surface area contributed by atoms with Gasteiger partial charge in [0.2, 0.25) is 5.95 Å². The van der Waals surface area contributed by atoms with Crippen LogP contribution in [0.3, 0.4) is 0 Å². The minimum Gasteiger partial charge on any atom is -0.467 e. The first-order valence-corrected chi connectivity index (χ1v) is 5.60. The summed E-state index contributed by atoms with van der Waals surface area (Å²) in [5.41, 5.74) is 0.802. The first-order valence-electron chi connectivity index (χ1n) is 5.60. The van der Waals surface area contributed by atoms with Gasteiger partial charge in [0, 0.05) is 7.05 Å². The van der Waals surface area contributed by atoms with Crippen molar-refractivity contribution in [2.75, 3.05) is 19.5 Å². The molecule has 0 aliphatic rings. The third-order valence-electron chi connectivity index (χ3n) is 2.32. The van der Waals surface area contributed by atoms with E-state index < -0.39 is 0 Å². The second kappa shape index (κ2) is 5.96. The highest BCUT2D eigenvalue weighted by molar-refractivity contribution is 5.31. The second-order valence-corrected chi connectivity index (χ2v) is 3.58. The van der Waals surface area contributed by atoms with Crippen LogP contribution in [0.25, 0.3) is 0 Å². The van der Waals surface area contributed by atoms with E-state index >= 15 is 0 Å². The zero-order valence-corrected chi connectivity index (χ0v) is 10.6. The number of aliphatic hydroxyl groups is 1. The molecule has 1 aromatic carbocycles. The van der Waals surface area contributed by atoms with Crippen LogP contribution < -0.4 is 14.8 Å². The lowest BCUT2D eigenvalue weighted by atomic mass is 10.2. The van der Waals surface area contributed by atoms with Gasteiger partial charge < -0.3 is 19.9 Å². The van der Waals surface area contributed by atoms with Gasteiger partial charge in [0.1, 0.15) is 5.75 Å².